The molecule has 1 aliphatic rings. The third kappa shape index (κ3) is 5.34. The molecule has 0 radical (unpaired) electrons. The number of carbonyl (C=O) groups is 3. The second-order valence-corrected chi connectivity index (χ2v) is 10.1. The number of imide groups is 1. The molecule has 1 saturated heterocycles. The lowest BCUT2D eigenvalue weighted by molar-refractivity contribution is -0.122. The van der Waals surface area contributed by atoms with Gasteiger partial charge in [0.25, 0.3) is 11.8 Å². The molecular weight excluding hydrogens is 545 g/mol. The fourth-order valence-electron chi connectivity index (χ4n) is 4.98. The minimum Gasteiger partial charge on any atom is -0.436 e. The minimum absolute atomic E-state index is 0.157. The summed E-state index contributed by atoms with van der Waals surface area (Å²) < 4.78 is 19.4. The number of nitrogens with zero attached hydrogens (tertiary/aromatic N) is 3. The average Bonchev–Trinajstić information content (AvgIpc) is 3.54. The second-order valence-electron chi connectivity index (χ2n) is 9.71. The van der Waals surface area contributed by atoms with Crippen molar-refractivity contribution >= 4 is 46.1 Å². The van der Waals surface area contributed by atoms with E-state index in [9.17, 15) is 18.8 Å². The van der Waals surface area contributed by atoms with Gasteiger partial charge in [-0.15, -0.1) is 0 Å². The van der Waals surface area contributed by atoms with Gasteiger partial charge in [-0.2, -0.15) is 0 Å². The van der Waals surface area contributed by atoms with Crippen LogP contribution < -0.4 is 4.90 Å². The van der Waals surface area contributed by atoms with E-state index in [1.54, 1.807) is 42.5 Å². The van der Waals surface area contributed by atoms with Crippen LogP contribution >= 0.6 is 11.6 Å². The number of aromatic nitrogens is 1. The van der Waals surface area contributed by atoms with Gasteiger partial charge in [-0.3, -0.25) is 14.4 Å². The van der Waals surface area contributed by atoms with Crippen LogP contribution in [0, 0.1) is 5.82 Å². The minimum atomic E-state index is -1.02. The summed E-state index contributed by atoms with van der Waals surface area (Å²) in [6.45, 7) is 0.157. The smallest absolute Gasteiger partial charge is 0.257 e. The molecule has 4 aromatic carbocycles. The molecule has 5 aromatic rings. The predicted octanol–water partition coefficient (Wildman–Crippen LogP) is 6.30. The van der Waals surface area contributed by atoms with Crippen LogP contribution in [0.25, 0.3) is 22.6 Å². The van der Waals surface area contributed by atoms with Crippen molar-refractivity contribution in [2.45, 2.75) is 18.9 Å². The molecule has 1 aliphatic heterocycles. The van der Waals surface area contributed by atoms with Crippen LogP contribution in [-0.2, 0) is 16.0 Å². The van der Waals surface area contributed by atoms with Crippen molar-refractivity contribution in [2.75, 3.05) is 11.4 Å². The SMILES string of the molecule is O=C1CC(N(CCc2cccc(Cl)c2)C(=O)c2ccc(F)cc2)C(=O)N1c1ccc(-c2nc3ccccc3o2)cc1. The number of oxazole rings is 1. The number of rotatable bonds is 7. The molecule has 0 N–H and O–H groups in total. The summed E-state index contributed by atoms with van der Waals surface area (Å²) >= 11 is 6.13. The van der Waals surface area contributed by atoms with Crippen LogP contribution in [0.1, 0.15) is 22.3 Å². The van der Waals surface area contributed by atoms with Crippen molar-refractivity contribution in [3.8, 4) is 11.5 Å². The van der Waals surface area contributed by atoms with E-state index in [1.165, 1.54) is 29.2 Å². The molecule has 1 atom stereocenters. The molecule has 1 fully saturated rings. The molecule has 0 bridgehead atoms. The van der Waals surface area contributed by atoms with E-state index in [0.29, 0.717) is 34.2 Å². The highest BCUT2D eigenvalue weighted by Gasteiger charge is 2.44. The first kappa shape index (κ1) is 26.4. The van der Waals surface area contributed by atoms with Gasteiger partial charge in [0.2, 0.25) is 11.8 Å². The summed E-state index contributed by atoms with van der Waals surface area (Å²) in [4.78, 5) is 47.4. The van der Waals surface area contributed by atoms with Crippen LogP contribution in [0.4, 0.5) is 10.1 Å². The average molecular weight is 568 g/mol. The highest BCUT2D eigenvalue weighted by molar-refractivity contribution is 6.30. The third-order valence-electron chi connectivity index (χ3n) is 7.05. The first-order chi connectivity index (χ1) is 19.9. The molecule has 0 saturated carbocycles. The Kier molecular flexibility index (Phi) is 7.07. The normalized spacial score (nSPS) is 15.1. The lowest BCUT2D eigenvalue weighted by Crippen LogP contribution is -2.46. The van der Waals surface area contributed by atoms with Crippen molar-refractivity contribution < 1.29 is 23.2 Å². The number of amides is 3. The lowest BCUT2D eigenvalue weighted by Gasteiger charge is -2.28. The van der Waals surface area contributed by atoms with Gasteiger partial charge in [0.05, 0.1) is 12.1 Å². The number of fused-ring (bicyclic) bond motifs is 1. The maximum atomic E-state index is 13.7. The second kappa shape index (κ2) is 11.0. The largest absolute Gasteiger partial charge is 0.436 e. The van der Waals surface area contributed by atoms with Gasteiger partial charge in [0, 0.05) is 22.7 Å². The summed E-state index contributed by atoms with van der Waals surface area (Å²) in [5, 5.41) is 0.554. The van der Waals surface area contributed by atoms with E-state index >= 15 is 0 Å². The summed E-state index contributed by atoms with van der Waals surface area (Å²) in [5.74, 6) is -1.45. The molecule has 6 rings (SSSR count). The number of hydrogen-bond acceptors (Lipinski definition) is 5. The molecule has 1 unspecified atom stereocenters. The Morgan fingerprint density at radius 1 is 0.976 bits per heavy atom. The van der Waals surface area contributed by atoms with E-state index < -0.39 is 29.6 Å². The summed E-state index contributed by atoms with van der Waals surface area (Å²) in [5.41, 5.74) is 3.55. The highest BCUT2D eigenvalue weighted by atomic mass is 35.5. The van der Waals surface area contributed by atoms with Crippen molar-refractivity contribution in [1.82, 2.24) is 9.88 Å². The summed E-state index contributed by atoms with van der Waals surface area (Å²) in [7, 11) is 0. The van der Waals surface area contributed by atoms with Gasteiger partial charge in [-0.05, 0) is 84.8 Å². The first-order valence-corrected chi connectivity index (χ1v) is 13.4. The monoisotopic (exact) mass is 567 g/mol. The molecule has 1 aromatic heterocycles. The number of para-hydroxylation sites is 2. The van der Waals surface area contributed by atoms with Crippen molar-refractivity contribution in [1.29, 1.82) is 0 Å². The Balaban J connectivity index is 1.26. The molecule has 41 heavy (non-hydrogen) atoms. The Morgan fingerprint density at radius 3 is 2.46 bits per heavy atom. The zero-order valence-corrected chi connectivity index (χ0v) is 22.4. The van der Waals surface area contributed by atoms with E-state index in [2.05, 4.69) is 4.98 Å². The number of anilines is 1. The van der Waals surface area contributed by atoms with Crippen LogP contribution in [0.3, 0.4) is 0 Å². The molecule has 0 spiro atoms. The van der Waals surface area contributed by atoms with Crippen LogP contribution in [0.5, 0.6) is 0 Å². The summed E-state index contributed by atoms with van der Waals surface area (Å²) in [6, 6.07) is 25.5. The number of carbonyl (C=O) groups excluding carboxylic acids is 3. The number of halogens is 2. The Hall–Kier alpha value is -4.82. The highest BCUT2D eigenvalue weighted by Crippen LogP contribution is 2.30. The molecular formula is C32H23ClFN3O4. The van der Waals surface area contributed by atoms with Crippen molar-refractivity contribution in [3.63, 3.8) is 0 Å². The van der Waals surface area contributed by atoms with Crippen LogP contribution in [-0.4, -0.2) is 40.2 Å². The molecule has 204 valence electrons. The quantitative estimate of drug-likeness (QED) is 0.215. The standard InChI is InChI=1S/C32H23ClFN3O4/c33-23-5-3-4-20(18-23)16-17-36(31(39)22-8-12-24(34)13-9-22)27-19-29(38)37(32(27)40)25-14-10-21(11-15-25)30-35-26-6-1-2-7-28(26)41-30/h1-15,18,27H,16-17,19H2. The van der Waals surface area contributed by atoms with E-state index in [1.807, 2.05) is 30.3 Å². The van der Waals surface area contributed by atoms with E-state index in [0.717, 1.165) is 16.0 Å². The van der Waals surface area contributed by atoms with Gasteiger partial charge in [-0.1, -0.05) is 35.9 Å². The summed E-state index contributed by atoms with van der Waals surface area (Å²) in [6.07, 6.45) is 0.235. The van der Waals surface area contributed by atoms with Gasteiger partial charge in [0.15, 0.2) is 5.58 Å². The van der Waals surface area contributed by atoms with Gasteiger partial charge >= 0.3 is 0 Å². The van der Waals surface area contributed by atoms with Crippen molar-refractivity contribution in [2.24, 2.45) is 0 Å². The predicted molar refractivity (Wildman–Crippen MR) is 153 cm³/mol. The Bertz CT molecular complexity index is 1740. The molecule has 0 aliphatic carbocycles. The zero-order chi connectivity index (χ0) is 28.5. The molecule has 3 amide bonds. The van der Waals surface area contributed by atoms with Crippen LogP contribution in [0.15, 0.2) is 101 Å². The van der Waals surface area contributed by atoms with E-state index in [4.69, 9.17) is 16.0 Å². The maximum Gasteiger partial charge on any atom is 0.257 e. The fourth-order valence-corrected chi connectivity index (χ4v) is 5.19. The van der Waals surface area contributed by atoms with Gasteiger partial charge in [-0.25, -0.2) is 14.3 Å². The fraction of sp³-hybridized carbons (Fsp3) is 0.125. The Morgan fingerprint density at radius 2 is 1.73 bits per heavy atom. The molecule has 7 nitrogen and oxygen atoms in total. The maximum absolute atomic E-state index is 13.7. The number of hydrogen-bond donors (Lipinski definition) is 0. The Labute approximate surface area is 239 Å². The van der Waals surface area contributed by atoms with E-state index in [-0.39, 0.29) is 18.5 Å². The van der Waals surface area contributed by atoms with Gasteiger partial charge in [0.1, 0.15) is 17.4 Å². The zero-order valence-electron chi connectivity index (χ0n) is 21.7. The molecule has 2 heterocycles. The third-order valence-corrected chi connectivity index (χ3v) is 7.28. The van der Waals surface area contributed by atoms with Crippen LogP contribution in [0.2, 0.25) is 5.02 Å². The molecule has 9 heteroatoms. The first-order valence-electron chi connectivity index (χ1n) is 13.0. The van der Waals surface area contributed by atoms with Gasteiger partial charge < -0.3 is 9.32 Å². The lowest BCUT2D eigenvalue weighted by atomic mass is 10.1. The number of benzene rings is 4. The topological polar surface area (TPSA) is 83.7 Å². The van der Waals surface area contributed by atoms with Crippen molar-refractivity contribution in [3.05, 3.63) is 119 Å².